The first-order valence-corrected chi connectivity index (χ1v) is 4.98. The first-order valence-electron chi connectivity index (χ1n) is 3.69. The van der Waals surface area contributed by atoms with Crippen LogP contribution < -0.4 is 0 Å². The molecule has 0 aromatic heterocycles. The van der Waals surface area contributed by atoms with E-state index in [-0.39, 0.29) is 5.78 Å². The molecule has 0 aliphatic heterocycles. The number of rotatable bonds is 3. The molecule has 0 N–H and O–H groups in total. The molecule has 0 radical (unpaired) electrons. The molecule has 1 aromatic rings. The lowest BCUT2D eigenvalue weighted by Crippen LogP contribution is -1.99. The van der Waals surface area contributed by atoms with E-state index < -0.39 is 0 Å². The van der Waals surface area contributed by atoms with Gasteiger partial charge in [-0.3, -0.25) is 4.79 Å². The van der Waals surface area contributed by atoms with E-state index >= 15 is 0 Å². The van der Waals surface area contributed by atoms with E-state index in [0.29, 0.717) is 27.9 Å². The molecule has 0 spiro atoms. The summed E-state index contributed by atoms with van der Waals surface area (Å²) in [5.41, 5.74) is 0.551. The summed E-state index contributed by atoms with van der Waals surface area (Å²) in [5, 5.41) is 0.839. The summed E-state index contributed by atoms with van der Waals surface area (Å²) in [6.07, 6.45) is 0.319. The van der Waals surface area contributed by atoms with Crippen molar-refractivity contribution < 1.29 is 4.79 Å². The van der Waals surface area contributed by atoms with Crippen molar-refractivity contribution >= 4 is 40.6 Å². The van der Waals surface area contributed by atoms with Crippen molar-refractivity contribution in [2.24, 2.45) is 0 Å². The number of carbonyl (C=O) groups is 1. The molecule has 0 unspecified atom stereocenters. The summed E-state index contributed by atoms with van der Waals surface area (Å²) in [6, 6.07) is 4.80. The standard InChI is InChI=1S/C9H7Cl3O/c10-4-3-9(13)6-1-2-7(11)8(12)5-6/h1-2,5H,3-4H2. The van der Waals surface area contributed by atoms with Crippen LogP contribution in [-0.4, -0.2) is 11.7 Å². The van der Waals surface area contributed by atoms with Crippen LogP contribution in [0.1, 0.15) is 16.8 Å². The van der Waals surface area contributed by atoms with Gasteiger partial charge in [0.15, 0.2) is 5.78 Å². The fourth-order valence-corrected chi connectivity index (χ4v) is 1.37. The fourth-order valence-electron chi connectivity index (χ4n) is 0.900. The zero-order chi connectivity index (χ0) is 9.84. The van der Waals surface area contributed by atoms with Crippen molar-refractivity contribution in [2.45, 2.75) is 6.42 Å². The Morgan fingerprint density at radius 1 is 1.23 bits per heavy atom. The van der Waals surface area contributed by atoms with Crippen LogP contribution in [0.25, 0.3) is 0 Å². The minimum Gasteiger partial charge on any atom is -0.294 e. The molecule has 0 aliphatic carbocycles. The van der Waals surface area contributed by atoms with Crippen molar-refractivity contribution in [1.29, 1.82) is 0 Å². The maximum absolute atomic E-state index is 11.3. The lowest BCUT2D eigenvalue weighted by atomic mass is 10.1. The molecule has 0 fully saturated rings. The number of ketones is 1. The smallest absolute Gasteiger partial charge is 0.164 e. The minimum atomic E-state index is -0.0198. The Morgan fingerprint density at radius 3 is 2.46 bits per heavy atom. The predicted molar refractivity (Wildman–Crippen MR) is 56.1 cm³/mol. The SMILES string of the molecule is O=C(CCCl)c1ccc(Cl)c(Cl)c1. The second-order valence-corrected chi connectivity index (χ2v) is 3.68. The zero-order valence-electron chi connectivity index (χ0n) is 6.69. The lowest BCUT2D eigenvalue weighted by molar-refractivity contribution is 0.0989. The van der Waals surface area contributed by atoms with E-state index in [2.05, 4.69) is 0 Å². The van der Waals surface area contributed by atoms with Crippen LogP contribution in [-0.2, 0) is 0 Å². The number of hydrogen-bond acceptors (Lipinski definition) is 1. The topological polar surface area (TPSA) is 17.1 Å². The third-order valence-corrected chi connectivity index (χ3v) is 2.49. The molecule has 13 heavy (non-hydrogen) atoms. The lowest BCUT2D eigenvalue weighted by Gasteiger charge is -2.00. The van der Waals surface area contributed by atoms with Gasteiger partial charge in [0.1, 0.15) is 0 Å². The Balaban J connectivity index is 2.90. The van der Waals surface area contributed by atoms with Crippen molar-refractivity contribution in [1.82, 2.24) is 0 Å². The number of carbonyl (C=O) groups excluding carboxylic acids is 1. The number of Topliss-reactive ketones (excluding diaryl/α,β-unsaturated/α-hetero) is 1. The largest absolute Gasteiger partial charge is 0.294 e. The molecule has 1 rings (SSSR count). The van der Waals surface area contributed by atoms with Crippen LogP contribution in [0.5, 0.6) is 0 Å². The Bertz CT molecular complexity index is 323. The highest BCUT2D eigenvalue weighted by Crippen LogP contribution is 2.23. The van der Waals surface area contributed by atoms with Gasteiger partial charge < -0.3 is 0 Å². The Labute approximate surface area is 91.6 Å². The first-order chi connectivity index (χ1) is 6.15. The molecule has 0 saturated heterocycles. The maximum atomic E-state index is 11.3. The van der Waals surface area contributed by atoms with Gasteiger partial charge in [-0.25, -0.2) is 0 Å². The summed E-state index contributed by atoms with van der Waals surface area (Å²) >= 11 is 16.9. The molecule has 0 atom stereocenters. The third-order valence-electron chi connectivity index (χ3n) is 1.56. The van der Waals surface area contributed by atoms with E-state index in [1.807, 2.05) is 0 Å². The quantitative estimate of drug-likeness (QED) is 0.577. The monoisotopic (exact) mass is 236 g/mol. The van der Waals surface area contributed by atoms with Gasteiger partial charge in [-0.2, -0.15) is 0 Å². The molecule has 70 valence electrons. The van der Waals surface area contributed by atoms with Gasteiger partial charge in [0.05, 0.1) is 10.0 Å². The summed E-state index contributed by atoms with van der Waals surface area (Å²) in [4.78, 5) is 11.3. The number of halogens is 3. The molecule has 0 aliphatic rings. The van der Waals surface area contributed by atoms with E-state index in [4.69, 9.17) is 34.8 Å². The average molecular weight is 238 g/mol. The summed E-state index contributed by atoms with van der Waals surface area (Å²) in [6.45, 7) is 0. The van der Waals surface area contributed by atoms with Gasteiger partial charge in [-0.15, -0.1) is 11.6 Å². The summed E-state index contributed by atoms with van der Waals surface area (Å²) in [7, 11) is 0. The Morgan fingerprint density at radius 2 is 1.92 bits per heavy atom. The highest BCUT2D eigenvalue weighted by atomic mass is 35.5. The van der Waals surface area contributed by atoms with Gasteiger partial charge in [0, 0.05) is 17.9 Å². The van der Waals surface area contributed by atoms with Gasteiger partial charge in [0.25, 0.3) is 0 Å². The molecule has 4 heteroatoms. The van der Waals surface area contributed by atoms with Crippen molar-refractivity contribution in [3.05, 3.63) is 33.8 Å². The first kappa shape index (κ1) is 10.8. The summed E-state index contributed by atoms with van der Waals surface area (Å²) in [5.74, 6) is 0.299. The van der Waals surface area contributed by atoms with Gasteiger partial charge in [-0.1, -0.05) is 23.2 Å². The fraction of sp³-hybridized carbons (Fsp3) is 0.222. The Kier molecular flexibility index (Phi) is 4.04. The maximum Gasteiger partial charge on any atom is 0.164 e. The molecule has 0 amide bonds. The minimum absolute atomic E-state index is 0.0198. The van der Waals surface area contributed by atoms with E-state index in [9.17, 15) is 4.79 Å². The highest BCUT2D eigenvalue weighted by Gasteiger charge is 2.06. The van der Waals surface area contributed by atoms with Crippen LogP contribution in [0, 0.1) is 0 Å². The second kappa shape index (κ2) is 4.85. The number of alkyl halides is 1. The van der Waals surface area contributed by atoms with Crippen LogP contribution in [0.2, 0.25) is 10.0 Å². The molecule has 0 heterocycles. The van der Waals surface area contributed by atoms with Crippen LogP contribution in [0.4, 0.5) is 0 Å². The summed E-state index contributed by atoms with van der Waals surface area (Å²) < 4.78 is 0. The number of hydrogen-bond donors (Lipinski definition) is 0. The van der Waals surface area contributed by atoms with E-state index in [0.717, 1.165) is 0 Å². The van der Waals surface area contributed by atoms with E-state index in [1.54, 1.807) is 18.2 Å². The van der Waals surface area contributed by atoms with Gasteiger partial charge in [0.2, 0.25) is 0 Å². The van der Waals surface area contributed by atoms with Crippen LogP contribution >= 0.6 is 34.8 Å². The third kappa shape index (κ3) is 2.87. The average Bonchev–Trinajstić information content (AvgIpc) is 2.10. The predicted octanol–water partition coefficient (Wildman–Crippen LogP) is 3.81. The molecule has 0 bridgehead atoms. The van der Waals surface area contributed by atoms with Crippen molar-refractivity contribution in [3.63, 3.8) is 0 Å². The van der Waals surface area contributed by atoms with Crippen LogP contribution in [0.15, 0.2) is 18.2 Å². The Hall–Kier alpha value is -0.240. The molecule has 0 saturated carbocycles. The molecule has 1 nitrogen and oxygen atoms in total. The second-order valence-electron chi connectivity index (χ2n) is 2.49. The zero-order valence-corrected chi connectivity index (χ0v) is 8.96. The van der Waals surface area contributed by atoms with Crippen molar-refractivity contribution in [3.8, 4) is 0 Å². The van der Waals surface area contributed by atoms with E-state index in [1.165, 1.54) is 0 Å². The van der Waals surface area contributed by atoms with Gasteiger partial charge in [-0.05, 0) is 18.2 Å². The highest BCUT2D eigenvalue weighted by molar-refractivity contribution is 6.42. The van der Waals surface area contributed by atoms with Crippen molar-refractivity contribution in [2.75, 3.05) is 5.88 Å². The van der Waals surface area contributed by atoms with Gasteiger partial charge >= 0.3 is 0 Å². The number of benzene rings is 1. The molecular weight excluding hydrogens is 230 g/mol. The van der Waals surface area contributed by atoms with Crippen LogP contribution in [0.3, 0.4) is 0 Å². The molecular formula is C9H7Cl3O. The normalized spacial score (nSPS) is 10.1. The molecule has 1 aromatic carbocycles.